The molecule has 1 aromatic heterocycles. The number of carbonyl (C=O) groups is 1. The Bertz CT molecular complexity index is 1150. The summed E-state index contributed by atoms with van der Waals surface area (Å²) < 4.78 is 26.2. The van der Waals surface area contributed by atoms with Crippen molar-refractivity contribution in [3.05, 3.63) is 47.3 Å². The van der Waals surface area contributed by atoms with Gasteiger partial charge in [0.15, 0.2) is 0 Å². The number of nitrogens with one attached hydrogen (secondary N) is 2. The third-order valence-corrected chi connectivity index (χ3v) is 6.91. The molecular formula is C30H41F2N5O. The Morgan fingerprint density at radius 3 is 2.45 bits per heavy atom. The van der Waals surface area contributed by atoms with Crippen molar-refractivity contribution in [1.82, 2.24) is 15.2 Å². The van der Waals surface area contributed by atoms with Gasteiger partial charge in [-0.3, -0.25) is 4.79 Å². The molecule has 206 valence electrons. The molecule has 6 nitrogen and oxygen atoms in total. The molecule has 1 saturated carbocycles. The largest absolute Gasteiger partial charge is 0.368 e. The van der Waals surface area contributed by atoms with E-state index < -0.39 is 30.6 Å². The van der Waals surface area contributed by atoms with Crippen molar-refractivity contribution in [2.75, 3.05) is 18.4 Å². The van der Waals surface area contributed by atoms with Gasteiger partial charge >= 0.3 is 0 Å². The molecule has 2 aliphatic rings. The Balaban J connectivity index is 0.00000247. The van der Waals surface area contributed by atoms with E-state index in [1.807, 2.05) is 32.1 Å². The molecule has 3 rings (SSSR count). The van der Waals surface area contributed by atoms with Crippen LogP contribution in [0, 0.1) is 18.8 Å². The molecule has 0 bridgehead atoms. The average molecular weight is 526 g/mol. The normalized spacial score (nSPS) is 19.9. The molecule has 1 aliphatic carbocycles. The van der Waals surface area contributed by atoms with Crippen molar-refractivity contribution in [2.24, 2.45) is 10.9 Å². The van der Waals surface area contributed by atoms with Gasteiger partial charge in [-0.15, -0.1) is 12.8 Å². The minimum atomic E-state index is -2.73. The predicted molar refractivity (Wildman–Crippen MR) is 153 cm³/mol. The molecule has 0 aromatic carbocycles. The minimum absolute atomic E-state index is 0.354. The van der Waals surface area contributed by atoms with Crippen LogP contribution in [0.5, 0.6) is 0 Å². The standard InChI is InChI=1S/C28H39F2N5O.C2H2/c1-6-20-18-31-26(34-27(36)22-16-28(29,30)17-22)15-21(20)9-10-23(7-2)32-25(8-3)33-24-11-13-35(14-12-24)19(4)5;1-2/h6-9,15,18-19,22,24,33H,2,10-14,16-17H2,1,3-5H3,(H,34,36);1-2H/b20-6-,21-9-,25-8+,32-23+;. The third-order valence-electron chi connectivity index (χ3n) is 6.91. The summed E-state index contributed by atoms with van der Waals surface area (Å²) in [5.74, 6) is -2.63. The zero-order chi connectivity index (χ0) is 28.3. The molecule has 2 N–H and O–H groups in total. The summed E-state index contributed by atoms with van der Waals surface area (Å²) in [7, 11) is 0. The van der Waals surface area contributed by atoms with Gasteiger partial charge in [0.05, 0.1) is 0 Å². The van der Waals surface area contributed by atoms with Crippen molar-refractivity contribution in [1.29, 1.82) is 0 Å². The van der Waals surface area contributed by atoms with Crippen molar-refractivity contribution >= 4 is 29.6 Å². The van der Waals surface area contributed by atoms with E-state index in [0.29, 0.717) is 24.3 Å². The second-order valence-electron chi connectivity index (χ2n) is 9.88. The van der Waals surface area contributed by atoms with E-state index in [0.717, 1.165) is 47.9 Å². The summed E-state index contributed by atoms with van der Waals surface area (Å²) in [5.41, 5.74) is 0.816. The second-order valence-corrected chi connectivity index (χ2v) is 9.88. The average Bonchev–Trinajstić information content (AvgIpc) is 2.90. The van der Waals surface area contributed by atoms with Crippen LogP contribution in [-0.2, 0) is 4.79 Å². The first-order valence-electron chi connectivity index (χ1n) is 13.2. The van der Waals surface area contributed by atoms with Gasteiger partial charge in [-0.05, 0) is 69.2 Å². The summed E-state index contributed by atoms with van der Waals surface area (Å²) in [6, 6.07) is 2.73. The number of nitrogens with zero attached hydrogens (tertiary/aromatic N) is 3. The number of rotatable bonds is 9. The lowest BCUT2D eigenvalue weighted by Gasteiger charge is -2.35. The van der Waals surface area contributed by atoms with Gasteiger partial charge in [0.1, 0.15) is 11.6 Å². The lowest BCUT2D eigenvalue weighted by molar-refractivity contribution is -0.145. The number of piperidine rings is 1. The van der Waals surface area contributed by atoms with Gasteiger partial charge in [-0.25, -0.2) is 18.8 Å². The van der Waals surface area contributed by atoms with Crippen LogP contribution in [0.1, 0.15) is 59.8 Å². The van der Waals surface area contributed by atoms with Crippen molar-refractivity contribution in [2.45, 2.75) is 77.8 Å². The molecule has 8 heteroatoms. The van der Waals surface area contributed by atoms with Gasteiger partial charge < -0.3 is 15.5 Å². The third kappa shape index (κ3) is 8.91. The number of aliphatic imine (C=N–C) groups is 1. The topological polar surface area (TPSA) is 69.6 Å². The number of pyridine rings is 1. The quantitative estimate of drug-likeness (QED) is 0.374. The van der Waals surface area contributed by atoms with Crippen LogP contribution < -0.4 is 21.1 Å². The van der Waals surface area contributed by atoms with Gasteiger partial charge in [0.25, 0.3) is 0 Å². The van der Waals surface area contributed by atoms with Crippen LogP contribution in [0.3, 0.4) is 0 Å². The lowest BCUT2D eigenvalue weighted by Crippen LogP contribution is -2.44. The second kappa shape index (κ2) is 14.6. The fourth-order valence-electron chi connectivity index (χ4n) is 4.54. The highest BCUT2D eigenvalue weighted by atomic mass is 19.3. The highest BCUT2D eigenvalue weighted by Gasteiger charge is 2.48. The number of hydrogen-bond acceptors (Lipinski definition) is 5. The summed E-state index contributed by atoms with van der Waals surface area (Å²) in [4.78, 5) is 23.8. The number of carbonyl (C=O) groups excluding carboxylic acids is 1. The van der Waals surface area contributed by atoms with E-state index in [1.165, 1.54) is 0 Å². The number of terminal acetylenes is 1. The molecule has 0 unspecified atom stereocenters. The zero-order valence-corrected chi connectivity index (χ0v) is 23.0. The number of halogens is 2. The van der Waals surface area contributed by atoms with E-state index in [9.17, 15) is 13.6 Å². The minimum Gasteiger partial charge on any atom is -0.368 e. The van der Waals surface area contributed by atoms with E-state index in [2.05, 4.69) is 53.8 Å². The first-order chi connectivity index (χ1) is 18.1. The lowest BCUT2D eigenvalue weighted by atomic mass is 9.81. The number of allylic oxidation sites excluding steroid dienone is 2. The molecule has 1 amide bonds. The fourth-order valence-corrected chi connectivity index (χ4v) is 4.54. The molecule has 0 radical (unpaired) electrons. The molecule has 38 heavy (non-hydrogen) atoms. The van der Waals surface area contributed by atoms with Crippen molar-refractivity contribution in [3.63, 3.8) is 0 Å². The molecule has 2 heterocycles. The zero-order valence-electron chi connectivity index (χ0n) is 23.0. The van der Waals surface area contributed by atoms with E-state index in [1.54, 1.807) is 18.3 Å². The van der Waals surface area contributed by atoms with Crippen LogP contribution >= 0.6 is 0 Å². The number of amides is 1. The smallest absolute Gasteiger partial charge is 0.249 e. The molecule has 1 saturated heterocycles. The van der Waals surface area contributed by atoms with Crippen molar-refractivity contribution < 1.29 is 13.6 Å². The molecule has 0 atom stereocenters. The summed E-state index contributed by atoms with van der Waals surface area (Å²) >= 11 is 0. The molecule has 1 aromatic rings. The summed E-state index contributed by atoms with van der Waals surface area (Å²) in [5, 5.41) is 8.05. The Kier molecular flexibility index (Phi) is 11.9. The van der Waals surface area contributed by atoms with Gasteiger partial charge in [0, 0.05) is 62.3 Å². The highest BCUT2D eigenvalue weighted by molar-refractivity contribution is 5.98. The van der Waals surface area contributed by atoms with E-state index >= 15 is 0 Å². The maximum atomic E-state index is 13.1. The number of anilines is 1. The van der Waals surface area contributed by atoms with E-state index in [4.69, 9.17) is 4.99 Å². The van der Waals surface area contributed by atoms with Crippen LogP contribution in [0.2, 0.25) is 0 Å². The van der Waals surface area contributed by atoms with Crippen molar-refractivity contribution in [3.8, 4) is 12.8 Å². The Labute approximate surface area is 225 Å². The summed E-state index contributed by atoms with van der Waals surface area (Å²) in [6.45, 7) is 14.5. The number of likely N-dealkylation sites (tertiary alicyclic amines) is 1. The SMILES string of the molecule is C#C.C=C/C(C/C=c1/cc(NC(=O)C2CC(F)(F)C2)nc/c1=C/C)=N\C(=C/C)NC1CCN(C(C)C)CC1. The number of hydrogen-bond donors (Lipinski definition) is 2. The monoisotopic (exact) mass is 525 g/mol. The predicted octanol–water partition coefficient (Wildman–Crippen LogP) is 4.24. The summed E-state index contributed by atoms with van der Waals surface area (Å²) in [6.07, 6.45) is 19.2. The van der Waals surface area contributed by atoms with E-state index in [-0.39, 0.29) is 0 Å². The maximum Gasteiger partial charge on any atom is 0.249 e. The molecular weight excluding hydrogens is 484 g/mol. The molecule has 2 fully saturated rings. The first-order valence-corrected chi connectivity index (χ1v) is 13.2. The van der Waals surface area contributed by atoms with Gasteiger partial charge in [-0.1, -0.05) is 18.7 Å². The van der Waals surface area contributed by atoms with Crippen LogP contribution in [0.15, 0.2) is 41.8 Å². The van der Waals surface area contributed by atoms with Gasteiger partial charge in [0.2, 0.25) is 11.8 Å². The maximum absolute atomic E-state index is 13.1. The Hall–Kier alpha value is -3.31. The van der Waals surface area contributed by atoms with Crippen LogP contribution in [0.25, 0.3) is 12.2 Å². The fraction of sp³-hybridized carbons (Fsp3) is 0.500. The number of aromatic nitrogens is 1. The Morgan fingerprint density at radius 1 is 1.26 bits per heavy atom. The Morgan fingerprint density at radius 2 is 1.92 bits per heavy atom. The molecule has 0 spiro atoms. The van der Waals surface area contributed by atoms with Crippen LogP contribution in [0.4, 0.5) is 14.6 Å². The molecule has 1 aliphatic heterocycles. The van der Waals surface area contributed by atoms with Crippen LogP contribution in [-0.4, -0.2) is 52.6 Å². The first kappa shape index (κ1) is 30.9. The van der Waals surface area contributed by atoms with Gasteiger partial charge in [-0.2, -0.15) is 0 Å². The highest BCUT2D eigenvalue weighted by Crippen LogP contribution is 2.42. The number of alkyl halides is 2.